The number of aromatic amines is 1. The van der Waals surface area contributed by atoms with E-state index in [4.69, 9.17) is 0 Å². The standard InChI is InChI=1S/C13H15N3O/c1-10(17)14-7-3-2-5-11-9-16-13-12(11)6-4-8-15-13/h2,4-6,8-9H,3,7H2,1H3,(H,14,17)(H,15,16). The average Bonchev–Trinajstić information content (AvgIpc) is 2.72. The van der Waals surface area contributed by atoms with Crippen molar-refractivity contribution in [3.63, 3.8) is 0 Å². The van der Waals surface area contributed by atoms with Gasteiger partial charge in [-0.1, -0.05) is 12.2 Å². The quantitative estimate of drug-likeness (QED) is 0.789. The summed E-state index contributed by atoms with van der Waals surface area (Å²) < 4.78 is 0. The van der Waals surface area contributed by atoms with Gasteiger partial charge in [0, 0.05) is 36.8 Å². The Morgan fingerprint density at radius 1 is 1.59 bits per heavy atom. The predicted octanol–water partition coefficient (Wildman–Crippen LogP) is 2.10. The molecule has 2 rings (SSSR count). The van der Waals surface area contributed by atoms with Crippen LogP contribution in [0.4, 0.5) is 0 Å². The van der Waals surface area contributed by atoms with Gasteiger partial charge in [-0.3, -0.25) is 4.79 Å². The van der Waals surface area contributed by atoms with Crippen molar-refractivity contribution in [2.75, 3.05) is 6.54 Å². The molecule has 0 aliphatic rings. The number of H-pyrrole nitrogens is 1. The summed E-state index contributed by atoms with van der Waals surface area (Å²) in [6, 6.07) is 3.96. The summed E-state index contributed by atoms with van der Waals surface area (Å²) in [5.74, 6) is 0.00898. The Morgan fingerprint density at radius 3 is 3.29 bits per heavy atom. The van der Waals surface area contributed by atoms with E-state index in [9.17, 15) is 4.79 Å². The highest BCUT2D eigenvalue weighted by Crippen LogP contribution is 2.16. The summed E-state index contributed by atoms with van der Waals surface area (Å²) in [5, 5.41) is 3.87. The van der Waals surface area contributed by atoms with Gasteiger partial charge in [-0.15, -0.1) is 0 Å². The molecule has 0 radical (unpaired) electrons. The Bertz CT molecular complexity index is 542. The molecule has 0 bridgehead atoms. The van der Waals surface area contributed by atoms with Gasteiger partial charge in [0.1, 0.15) is 5.65 Å². The number of aromatic nitrogens is 2. The molecule has 2 heterocycles. The van der Waals surface area contributed by atoms with Crippen molar-refractivity contribution in [3.05, 3.63) is 36.2 Å². The molecule has 0 spiro atoms. The minimum atomic E-state index is 0.00898. The largest absolute Gasteiger partial charge is 0.356 e. The van der Waals surface area contributed by atoms with Crippen LogP contribution in [0, 0.1) is 0 Å². The van der Waals surface area contributed by atoms with Crippen molar-refractivity contribution < 1.29 is 4.79 Å². The lowest BCUT2D eigenvalue weighted by Gasteiger charge is -1.96. The fourth-order valence-electron chi connectivity index (χ4n) is 1.66. The number of hydrogen-bond acceptors (Lipinski definition) is 2. The monoisotopic (exact) mass is 229 g/mol. The van der Waals surface area contributed by atoms with Crippen molar-refractivity contribution in [2.45, 2.75) is 13.3 Å². The number of nitrogens with one attached hydrogen (secondary N) is 2. The van der Waals surface area contributed by atoms with Crippen molar-refractivity contribution in [1.29, 1.82) is 0 Å². The molecule has 2 aromatic rings. The molecule has 0 saturated heterocycles. The highest BCUT2D eigenvalue weighted by molar-refractivity contribution is 5.85. The summed E-state index contributed by atoms with van der Waals surface area (Å²) in [6.07, 6.45) is 8.62. The topological polar surface area (TPSA) is 57.8 Å². The molecule has 0 saturated carbocycles. The fraction of sp³-hybridized carbons (Fsp3) is 0.231. The summed E-state index contributed by atoms with van der Waals surface area (Å²) in [7, 11) is 0. The Kier molecular flexibility index (Phi) is 3.55. The zero-order valence-electron chi connectivity index (χ0n) is 9.73. The number of fused-ring (bicyclic) bond motifs is 1. The summed E-state index contributed by atoms with van der Waals surface area (Å²) in [5.41, 5.74) is 2.02. The van der Waals surface area contributed by atoms with Crippen LogP contribution in [0.15, 0.2) is 30.6 Å². The molecule has 88 valence electrons. The van der Waals surface area contributed by atoms with Crippen LogP contribution >= 0.6 is 0 Å². The van der Waals surface area contributed by atoms with Crippen LogP contribution in [0.5, 0.6) is 0 Å². The van der Waals surface area contributed by atoms with E-state index in [1.165, 1.54) is 6.92 Å². The molecule has 0 aliphatic carbocycles. The lowest BCUT2D eigenvalue weighted by atomic mass is 10.2. The minimum absolute atomic E-state index is 0.00898. The maximum absolute atomic E-state index is 10.7. The van der Waals surface area contributed by atoms with E-state index in [0.717, 1.165) is 23.0 Å². The van der Waals surface area contributed by atoms with Gasteiger partial charge in [0.2, 0.25) is 5.91 Å². The Hall–Kier alpha value is -2.10. The Balaban J connectivity index is 1.98. The number of pyridine rings is 1. The molecule has 4 heteroatoms. The maximum atomic E-state index is 10.7. The van der Waals surface area contributed by atoms with E-state index in [0.29, 0.717) is 6.54 Å². The van der Waals surface area contributed by atoms with Gasteiger partial charge in [0.15, 0.2) is 0 Å². The number of carbonyl (C=O) groups is 1. The van der Waals surface area contributed by atoms with Gasteiger partial charge >= 0.3 is 0 Å². The summed E-state index contributed by atoms with van der Waals surface area (Å²) >= 11 is 0. The molecule has 17 heavy (non-hydrogen) atoms. The molecule has 2 aromatic heterocycles. The van der Waals surface area contributed by atoms with Gasteiger partial charge < -0.3 is 10.3 Å². The van der Waals surface area contributed by atoms with Crippen LogP contribution in [0.1, 0.15) is 18.9 Å². The van der Waals surface area contributed by atoms with Crippen molar-refractivity contribution in [3.8, 4) is 0 Å². The SMILES string of the molecule is CC(=O)NCCC=Cc1c[nH]c2ncccc12. The number of rotatable bonds is 4. The molecule has 1 amide bonds. The van der Waals surface area contributed by atoms with E-state index in [1.54, 1.807) is 6.20 Å². The first-order valence-corrected chi connectivity index (χ1v) is 5.60. The fourth-order valence-corrected chi connectivity index (χ4v) is 1.66. The third kappa shape index (κ3) is 2.93. The molecular formula is C13H15N3O. The van der Waals surface area contributed by atoms with E-state index in [2.05, 4.69) is 15.3 Å². The van der Waals surface area contributed by atoms with Gasteiger partial charge in [0.05, 0.1) is 0 Å². The highest BCUT2D eigenvalue weighted by Gasteiger charge is 1.99. The van der Waals surface area contributed by atoms with Gasteiger partial charge in [-0.05, 0) is 18.6 Å². The van der Waals surface area contributed by atoms with E-state index >= 15 is 0 Å². The van der Waals surface area contributed by atoms with Crippen LogP contribution in [-0.4, -0.2) is 22.4 Å². The van der Waals surface area contributed by atoms with Crippen LogP contribution in [0.2, 0.25) is 0 Å². The molecular weight excluding hydrogens is 214 g/mol. The molecule has 0 unspecified atom stereocenters. The Labute approximate surface area is 99.8 Å². The molecule has 2 N–H and O–H groups in total. The van der Waals surface area contributed by atoms with Crippen LogP contribution < -0.4 is 5.32 Å². The first-order chi connectivity index (χ1) is 8.27. The smallest absolute Gasteiger partial charge is 0.216 e. The van der Waals surface area contributed by atoms with Crippen LogP contribution in [0.3, 0.4) is 0 Å². The third-order valence-electron chi connectivity index (χ3n) is 2.47. The second kappa shape index (κ2) is 5.30. The van der Waals surface area contributed by atoms with Crippen molar-refractivity contribution in [1.82, 2.24) is 15.3 Å². The van der Waals surface area contributed by atoms with E-state index in [1.807, 2.05) is 30.5 Å². The highest BCUT2D eigenvalue weighted by atomic mass is 16.1. The maximum Gasteiger partial charge on any atom is 0.216 e. The second-order valence-corrected chi connectivity index (χ2v) is 3.82. The zero-order valence-corrected chi connectivity index (χ0v) is 9.73. The molecule has 4 nitrogen and oxygen atoms in total. The lowest BCUT2D eigenvalue weighted by Crippen LogP contribution is -2.20. The molecule has 0 fully saturated rings. The van der Waals surface area contributed by atoms with Gasteiger partial charge in [-0.2, -0.15) is 0 Å². The minimum Gasteiger partial charge on any atom is -0.356 e. The lowest BCUT2D eigenvalue weighted by molar-refractivity contribution is -0.118. The first-order valence-electron chi connectivity index (χ1n) is 5.60. The number of nitrogens with zero attached hydrogens (tertiary/aromatic N) is 1. The Morgan fingerprint density at radius 2 is 2.47 bits per heavy atom. The molecule has 0 atom stereocenters. The van der Waals surface area contributed by atoms with Gasteiger partial charge in [-0.25, -0.2) is 4.98 Å². The summed E-state index contributed by atoms with van der Waals surface area (Å²) in [6.45, 7) is 2.20. The van der Waals surface area contributed by atoms with Crippen LogP contribution in [-0.2, 0) is 4.79 Å². The van der Waals surface area contributed by atoms with E-state index in [-0.39, 0.29) is 5.91 Å². The second-order valence-electron chi connectivity index (χ2n) is 3.82. The van der Waals surface area contributed by atoms with Gasteiger partial charge in [0.25, 0.3) is 0 Å². The molecule has 0 aromatic carbocycles. The summed E-state index contributed by atoms with van der Waals surface area (Å²) in [4.78, 5) is 18.0. The third-order valence-corrected chi connectivity index (χ3v) is 2.47. The van der Waals surface area contributed by atoms with E-state index < -0.39 is 0 Å². The average molecular weight is 229 g/mol. The first kappa shape index (κ1) is 11.4. The predicted molar refractivity (Wildman–Crippen MR) is 68.4 cm³/mol. The zero-order chi connectivity index (χ0) is 12.1. The number of hydrogen-bond donors (Lipinski definition) is 2. The molecule has 0 aliphatic heterocycles. The number of carbonyl (C=O) groups excluding carboxylic acids is 1. The van der Waals surface area contributed by atoms with Crippen LogP contribution in [0.25, 0.3) is 17.1 Å². The normalized spacial score (nSPS) is 11.1. The number of amides is 1. The van der Waals surface area contributed by atoms with Crippen molar-refractivity contribution >= 4 is 23.0 Å². The van der Waals surface area contributed by atoms with Crippen molar-refractivity contribution in [2.24, 2.45) is 0 Å².